The van der Waals surface area contributed by atoms with Crippen molar-refractivity contribution in [1.29, 1.82) is 0 Å². The van der Waals surface area contributed by atoms with Gasteiger partial charge >= 0.3 is 5.97 Å². The molecule has 2 heterocycles. The highest BCUT2D eigenvalue weighted by Crippen LogP contribution is 2.34. The quantitative estimate of drug-likeness (QED) is 0.938. The fourth-order valence-electron chi connectivity index (χ4n) is 2.54. The molecular formula is C15H14ClNO4. The number of benzene rings is 1. The van der Waals surface area contributed by atoms with Crippen molar-refractivity contribution in [2.45, 2.75) is 18.8 Å². The van der Waals surface area contributed by atoms with Crippen LogP contribution in [0.25, 0.3) is 11.3 Å². The van der Waals surface area contributed by atoms with Crippen LogP contribution < -0.4 is 0 Å². The summed E-state index contributed by atoms with van der Waals surface area (Å²) in [5, 5.41) is 13.3. The van der Waals surface area contributed by atoms with Gasteiger partial charge in [0.2, 0.25) is 5.76 Å². The van der Waals surface area contributed by atoms with E-state index in [0.717, 1.165) is 37.2 Å². The van der Waals surface area contributed by atoms with Gasteiger partial charge in [0.05, 0.1) is 0 Å². The van der Waals surface area contributed by atoms with Crippen LogP contribution in [0.15, 0.2) is 28.8 Å². The van der Waals surface area contributed by atoms with Gasteiger partial charge in [0.1, 0.15) is 5.69 Å². The van der Waals surface area contributed by atoms with Crippen LogP contribution in [0.3, 0.4) is 0 Å². The molecule has 1 saturated heterocycles. The molecule has 0 bridgehead atoms. The number of ether oxygens (including phenoxy) is 1. The zero-order valence-electron chi connectivity index (χ0n) is 11.2. The van der Waals surface area contributed by atoms with Crippen molar-refractivity contribution in [3.63, 3.8) is 0 Å². The van der Waals surface area contributed by atoms with Gasteiger partial charge in [-0.05, 0) is 30.4 Å². The van der Waals surface area contributed by atoms with E-state index in [2.05, 4.69) is 5.16 Å². The predicted molar refractivity (Wildman–Crippen MR) is 76.7 cm³/mol. The Balaban J connectivity index is 1.87. The van der Waals surface area contributed by atoms with E-state index in [4.69, 9.17) is 26.0 Å². The van der Waals surface area contributed by atoms with Crippen LogP contribution in [0.1, 0.15) is 34.9 Å². The van der Waals surface area contributed by atoms with E-state index >= 15 is 0 Å². The Morgan fingerprint density at radius 3 is 2.67 bits per heavy atom. The Hall–Kier alpha value is -1.85. The lowest BCUT2D eigenvalue weighted by molar-refractivity contribution is 0.0652. The highest BCUT2D eigenvalue weighted by molar-refractivity contribution is 6.31. The van der Waals surface area contributed by atoms with Gasteiger partial charge < -0.3 is 14.4 Å². The second-order valence-electron chi connectivity index (χ2n) is 5.00. The standard InChI is InChI=1S/C15H14ClNO4/c16-12-7-10(13-8-14(15(18)19)21-17-13)1-2-11(12)9-3-5-20-6-4-9/h1-2,7-9H,3-6H2,(H,18,19). The van der Waals surface area contributed by atoms with E-state index < -0.39 is 5.97 Å². The summed E-state index contributed by atoms with van der Waals surface area (Å²) < 4.78 is 10.1. The second-order valence-corrected chi connectivity index (χ2v) is 5.41. The molecule has 5 nitrogen and oxygen atoms in total. The molecule has 1 aromatic heterocycles. The van der Waals surface area contributed by atoms with Gasteiger partial charge in [0.25, 0.3) is 0 Å². The molecule has 0 unspecified atom stereocenters. The molecule has 0 radical (unpaired) electrons. The smallest absolute Gasteiger partial charge is 0.374 e. The van der Waals surface area contributed by atoms with Crippen LogP contribution in [0.5, 0.6) is 0 Å². The van der Waals surface area contributed by atoms with Crippen LogP contribution in [0.2, 0.25) is 5.02 Å². The van der Waals surface area contributed by atoms with Crippen LogP contribution in [0, 0.1) is 0 Å². The molecule has 3 rings (SSSR count). The molecular weight excluding hydrogens is 294 g/mol. The summed E-state index contributed by atoms with van der Waals surface area (Å²) in [5.74, 6) is -0.916. The average molecular weight is 308 g/mol. The molecule has 6 heteroatoms. The van der Waals surface area contributed by atoms with Crippen LogP contribution in [-0.2, 0) is 4.74 Å². The number of carboxylic acids is 1. The number of carbonyl (C=O) groups is 1. The Kier molecular flexibility index (Phi) is 3.94. The number of rotatable bonds is 3. The molecule has 0 aliphatic carbocycles. The normalized spacial score (nSPS) is 16.0. The van der Waals surface area contributed by atoms with E-state index in [9.17, 15) is 4.79 Å². The first-order chi connectivity index (χ1) is 10.1. The van der Waals surface area contributed by atoms with E-state index in [1.807, 2.05) is 12.1 Å². The third-order valence-corrected chi connectivity index (χ3v) is 4.01. The number of aromatic nitrogens is 1. The Labute approximate surface area is 126 Å². The average Bonchev–Trinajstić information content (AvgIpc) is 2.98. The molecule has 1 aromatic carbocycles. The number of carboxylic acid groups (broad SMARTS) is 1. The summed E-state index contributed by atoms with van der Waals surface area (Å²) >= 11 is 6.37. The van der Waals surface area contributed by atoms with Gasteiger partial charge in [-0.2, -0.15) is 0 Å². The van der Waals surface area contributed by atoms with Gasteiger partial charge in [0, 0.05) is 29.9 Å². The van der Waals surface area contributed by atoms with Crippen molar-refractivity contribution in [3.05, 3.63) is 40.6 Å². The summed E-state index contributed by atoms with van der Waals surface area (Å²) in [5.41, 5.74) is 2.31. The maximum Gasteiger partial charge on any atom is 0.374 e. The molecule has 0 spiro atoms. The maximum atomic E-state index is 10.8. The minimum absolute atomic E-state index is 0.186. The molecule has 2 aromatic rings. The molecule has 1 aliphatic heterocycles. The molecule has 1 aliphatic rings. The van der Waals surface area contributed by atoms with E-state index in [1.165, 1.54) is 6.07 Å². The fourth-order valence-corrected chi connectivity index (χ4v) is 2.87. The molecule has 110 valence electrons. The predicted octanol–water partition coefficient (Wildman–Crippen LogP) is 3.59. The van der Waals surface area contributed by atoms with Crippen molar-refractivity contribution >= 4 is 17.6 Å². The van der Waals surface area contributed by atoms with E-state index in [0.29, 0.717) is 16.6 Å². The molecule has 1 fully saturated rings. The summed E-state index contributed by atoms with van der Waals surface area (Å²) in [7, 11) is 0. The van der Waals surface area contributed by atoms with Crippen molar-refractivity contribution < 1.29 is 19.2 Å². The first kappa shape index (κ1) is 14.1. The highest BCUT2D eigenvalue weighted by atomic mass is 35.5. The molecule has 0 atom stereocenters. The van der Waals surface area contributed by atoms with Gasteiger partial charge in [-0.15, -0.1) is 0 Å². The molecule has 0 amide bonds. The third-order valence-electron chi connectivity index (χ3n) is 3.68. The fraction of sp³-hybridized carbons (Fsp3) is 0.333. The molecule has 21 heavy (non-hydrogen) atoms. The minimum atomic E-state index is -1.14. The summed E-state index contributed by atoms with van der Waals surface area (Å²) in [4.78, 5) is 10.8. The van der Waals surface area contributed by atoms with Gasteiger partial charge in [-0.3, -0.25) is 0 Å². The number of hydrogen-bond donors (Lipinski definition) is 1. The number of hydrogen-bond acceptors (Lipinski definition) is 4. The first-order valence-electron chi connectivity index (χ1n) is 6.72. The Morgan fingerprint density at radius 2 is 2.05 bits per heavy atom. The van der Waals surface area contributed by atoms with Gasteiger partial charge in [0.15, 0.2) is 0 Å². The minimum Gasteiger partial charge on any atom is -0.475 e. The second kappa shape index (κ2) is 5.87. The van der Waals surface area contributed by atoms with Crippen LogP contribution in [0.4, 0.5) is 0 Å². The monoisotopic (exact) mass is 307 g/mol. The SMILES string of the molecule is O=C(O)c1cc(-c2ccc(C3CCOCC3)c(Cl)c2)no1. The summed E-state index contributed by atoms with van der Waals surface area (Å²) in [6, 6.07) is 7.06. The summed E-state index contributed by atoms with van der Waals surface area (Å²) in [6.07, 6.45) is 1.93. The van der Waals surface area contributed by atoms with Crippen molar-refractivity contribution in [1.82, 2.24) is 5.16 Å². The van der Waals surface area contributed by atoms with Crippen LogP contribution >= 0.6 is 11.6 Å². The van der Waals surface area contributed by atoms with Gasteiger partial charge in [-0.25, -0.2) is 4.79 Å². The first-order valence-corrected chi connectivity index (χ1v) is 7.10. The Morgan fingerprint density at radius 1 is 1.29 bits per heavy atom. The van der Waals surface area contributed by atoms with Gasteiger partial charge in [-0.1, -0.05) is 28.9 Å². The maximum absolute atomic E-state index is 10.8. The lowest BCUT2D eigenvalue weighted by atomic mass is 9.91. The largest absolute Gasteiger partial charge is 0.475 e. The zero-order valence-corrected chi connectivity index (χ0v) is 12.0. The molecule has 1 N–H and O–H groups in total. The number of nitrogens with zero attached hydrogens (tertiary/aromatic N) is 1. The van der Waals surface area contributed by atoms with Crippen molar-refractivity contribution in [2.75, 3.05) is 13.2 Å². The lowest BCUT2D eigenvalue weighted by Gasteiger charge is -2.23. The third kappa shape index (κ3) is 2.94. The van der Waals surface area contributed by atoms with Crippen molar-refractivity contribution in [2.24, 2.45) is 0 Å². The van der Waals surface area contributed by atoms with Crippen molar-refractivity contribution in [3.8, 4) is 11.3 Å². The topological polar surface area (TPSA) is 72.6 Å². The number of halogens is 1. The lowest BCUT2D eigenvalue weighted by Crippen LogP contribution is -2.14. The van der Waals surface area contributed by atoms with E-state index in [1.54, 1.807) is 6.07 Å². The molecule has 0 saturated carbocycles. The zero-order chi connectivity index (χ0) is 14.8. The number of aromatic carboxylic acids is 1. The highest BCUT2D eigenvalue weighted by Gasteiger charge is 2.19. The van der Waals surface area contributed by atoms with Crippen LogP contribution in [-0.4, -0.2) is 29.4 Å². The van der Waals surface area contributed by atoms with E-state index in [-0.39, 0.29) is 5.76 Å². The summed E-state index contributed by atoms with van der Waals surface area (Å²) in [6.45, 7) is 1.52. The Bertz CT molecular complexity index is 661.